The molecule has 1 unspecified atom stereocenters. The molecule has 0 spiro atoms. The van der Waals surface area contributed by atoms with E-state index in [-0.39, 0.29) is 10.8 Å². The molecule has 1 aliphatic carbocycles. The summed E-state index contributed by atoms with van der Waals surface area (Å²) in [5.74, 6) is -0.350. The molecule has 0 N–H and O–H groups in total. The quantitative estimate of drug-likeness (QED) is 0.826. The maximum absolute atomic E-state index is 13.3. The SMILES string of the molecule is CCCC1C2=C(CCc3ccccc32)C(=O)N1S(=O)(=O)c1ccccc1. The summed E-state index contributed by atoms with van der Waals surface area (Å²) in [5.41, 5.74) is 3.81. The van der Waals surface area contributed by atoms with E-state index >= 15 is 0 Å². The lowest BCUT2D eigenvalue weighted by atomic mass is 9.83. The number of benzene rings is 2. The highest BCUT2D eigenvalue weighted by atomic mass is 32.2. The largest absolute Gasteiger partial charge is 0.268 e. The average molecular weight is 367 g/mol. The van der Waals surface area contributed by atoms with E-state index in [0.29, 0.717) is 18.4 Å². The van der Waals surface area contributed by atoms with Crippen molar-refractivity contribution in [1.82, 2.24) is 4.31 Å². The second-order valence-electron chi connectivity index (χ2n) is 6.77. The lowest BCUT2D eigenvalue weighted by Gasteiger charge is -2.27. The van der Waals surface area contributed by atoms with Gasteiger partial charge in [0, 0.05) is 5.57 Å². The Hall–Kier alpha value is -2.40. The molecule has 0 saturated carbocycles. The van der Waals surface area contributed by atoms with Crippen molar-refractivity contribution in [1.29, 1.82) is 0 Å². The third kappa shape index (κ3) is 2.50. The highest BCUT2D eigenvalue weighted by molar-refractivity contribution is 7.89. The Kier molecular flexibility index (Phi) is 4.19. The highest BCUT2D eigenvalue weighted by Gasteiger charge is 2.47. The fourth-order valence-electron chi connectivity index (χ4n) is 4.07. The summed E-state index contributed by atoms with van der Waals surface area (Å²) in [5, 5.41) is 0. The van der Waals surface area contributed by atoms with E-state index in [2.05, 4.69) is 6.07 Å². The van der Waals surface area contributed by atoms with E-state index in [1.165, 1.54) is 5.56 Å². The van der Waals surface area contributed by atoms with E-state index in [9.17, 15) is 13.2 Å². The molecule has 0 saturated heterocycles. The van der Waals surface area contributed by atoms with Gasteiger partial charge in [0.15, 0.2) is 0 Å². The van der Waals surface area contributed by atoms with Crippen molar-refractivity contribution in [2.24, 2.45) is 0 Å². The predicted molar refractivity (Wildman–Crippen MR) is 101 cm³/mol. The van der Waals surface area contributed by atoms with Crippen molar-refractivity contribution in [2.45, 2.75) is 43.5 Å². The summed E-state index contributed by atoms with van der Waals surface area (Å²) in [6.45, 7) is 2.02. The zero-order valence-corrected chi connectivity index (χ0v) is 15.5. The van der Waals surface area contributed by atoms with Crippen LogP contribution in [0.25, 0.3) is 5.57 Å². The van der Waals surface area contributed by atoms with Gasteiger partial charge in [0.2, 0.25) is 0 Å². The van der Waals surface area contributed by atoms with Crippen LogP contribution in [0.1, 0.15) is 37.3 Å². The topological polar surface area (TPSA) is 54.5 Å². The van der Waals surface area contributed by atoms with Crippen LogP contribution in [0, 0.1) is 0 Å². The van der Waals surface area contributed by atoms with Crippen molar-refractivity contribution in [2.75, 3.05) is 0 Å². The molecule has 1 aliphatic heterocycles. The van der Waals surface area contributed by atoms with Crippen LogP contribution in [0.4, 0.5) is 0 Å². The molecular formula is C21H21NO3S. The molecule has 4 nitrogen and oxygen atoms in total. The molecular weight excluding hydrogens is 346 g/mol. The molecule has 1 amide bonds. The zero-order valence-electron chi connectivity index (χ0n) is 14.7. The number of nitrogens with zero attached hydrogens (tertiary/aromatic N) is 1. The van der Waals surface area contributed by atoms with Crippen LogP contribution in [-0.4, -0.2) is 24.7 Å². The standard InChI is InChI=1S/C21H21NO3S/c1-2-8-19-20-17-12-7-6-9-15(17)13-14-18(20)21(23)22(19)26(24,25)16-10-4-3-5-11-16/h3-7,9-12,19H,2,8,13-14H2,1H3. The lowest BCUT2D eigenvalue weighted by Crippen LogP contribution is -2.40. The molecule has 1 heterocycles. The molecule has 0 fully saturated rings. The van der Waals surface area contributed by atoms with Gasteiger partial charge < -0.3 is 0 Å². The zero-order chi connectivity index (χ0) is 18.3. The number of hydrogen-bond acceptors (Lipinski definition) is 3. The molecule has 5 heteroatoms. The van der Waals surface area contributed by atoms with Crippen LogP contribution < -0.4 is 0 Å². The van der Waals surface area contributed by atoms with Gasteiger partial charge in [0.1, 0.15) is 0 Å². The molecule has 2 aromatic rings. The molecule has 0 radical (unpaired) electrons. The summed E-state index contributed by atoms with van der Waals surface area (Å²) in [6.07, 6.45) is 2.81. The summed E-state index contributed by atoms with van der Waals surface area (Å²) < 4.78 is 27.7. The monoisotopic (exact) mass is 367 g/mol. The Balaban J connectivity index is 1.86. The number of carbonyl (C=O) groups is 1. The first-order valence-corrected chi connectivity index (χ1v) is 10.4. The first-order valence-electron chi connectivity index (χ1n) is 9.01. The Bertz CT molecular complexity index is 993. The molecule has 134 valence electrons. The van der Waals surface area contributed by atoms with Crippen LogP contribution in [0.2, 0.25) is 0 Å². The maximum atomic E-state index is 13.3. The molecule has 2 aliphatic rings. The van der Waals surface area contributed by atoms with Gasteiger partial charge in [-0.3, -0.25) is 4.79 Å². The van der Waals surface area contributed by atoms with Crippen molar-refractivity contribution in [3.63, 3.8) is 0 Å². The second kappa shape index (κ2) is 6.40. The summed E-state index contributed by atoms with van der Waals surface area (Å²) >= 11 is 0. The minimum Gasteiger partial charge on any atom is -0.268 e. The molecule has 0 bridgehead atoms. The van der Waals surface area contributed by atoms with Gasteiger partial charge in [-0.05, 0) is 48.1 Å². The maximum Gasteiger partial charge on any atom is 0.267 e. The Labute approximate surface area is 154 Å². The van der Waals surface area contributed by atoms with E-state index < -0.39 is 16.1 Å². The van der Waals surface area contributed by atoms with Gasteiger partial charge in [-0.1, -0.05) is 55.8 Å². The van der Waals surface area contributed by atoms with Gasteiger partial charge in [0.05, 0.1) is 10.9 Å². The predicted octanol–water partition coefficient (Wildman–Crippen LogP) is 3.79. The van der Waals surface area contributed by atoms with E-state index in [4.69, 9.17) is 0 Å². The summed E-state index contributed by atoms with van der Waals surface area (Å²) in [4.78, 5) is 13.3. The van der Waals surface area contributed by atoms with E-state index in [0.717, 1.165) is 28.3 Å². The van der Waals surface area contributed by atoms with Gasteiger partial charge in [-0.2, -0.15) is 0 Å². The fraction of sp³-hybridized carbons (Fsp3) is 0.286. The molecule has 0 aromatic heterocycles. The summed E-state index contributed by atoms with van der Waals surface area (Å²) in [7, 11) is -3.88. The first kappa shape index (κ1) is 17.0. The third-order valence-electron chi connectivity index (χ3n) is 5.21. The molecule has 1 atom stereocenters. The molecule has 2 aromatic carbocycles. The third-order valence-corrected chi connectivity index (χ3v) is 7.02. The number of carbonyl (C=O) groups excluding carboxylic acids is 1. The van der Waals surface area contributed by atoms with Crippen LogP contribution in [0.15, 0.2) is 65.1 Å². The number of fused-ring (bicyclic) bond motifs is 2. The van der Waals surface area contributed by atoms with Gasteiger partial charge in [0.25, 0.3) is 15.9 Å². The highest BCUT2D eigenvalue weighted by Crippen LogP contribution is 2.44. The minimum atomic E-state index is -3.88. The van der Waals surface area contributed by atoms with Crippen molar-refractivity contribution in [3.05, 3.63) is 71.3 Å². The van der Waals surface area contributed by atoms with Crippen LogP contribution >= 0.6 is 0 Å². The number of rotatable bonds is 4. The normalized spacial score (nSPS) is 19.5. The van der Waals surface area contributed by atoms with Gasteiger partial charge in [-0.15, -0.1) is 0 Å². The van der Waals surface area contributed by atoms with Crippen molar-refractivity contribution in [3.8, 4) is 0 Å². The van der Waals surface area contributed by atoms with Crippen LogP contribution in [0.3, 0.4) is 0 Å². The number of hydrogen-bond donors (Lipinski definition) is 0. The average Bonchev–Trinajstić information content (AvgIpc) is 2.96. The van der Waals surface area contributed by atoms with E-state index in [1.807, 2.05) is 25.1 Å². The van der Waals surface area contributed by atoms with Crippen molar-refractivity contribution < 1.29 is 13.2 Å². The number of amides is 1. The van der Waals surface area contributed by atoms with Crippen LogP contribution in [-0.2, 0) is 21.2 Å². The summed E-state index contributed by atoms with van der Waals surface area (Å²) in [6, 6.07) is 15.9. The second-order valence-corrected chi connectivity index (χ2v) is 8.59. The Morgan fingerprint density at radius 2 is 1.69 bits per heavy atom. The van der Waals surface area contributed by atoms with Crippen LogP contribution in [0.5, 0.6) is 0 Å². The van der Waals surface area contributed by atoms with Crippen molar-refractivity contribution >= 4 is 21.5 Å². The van der Waals surface area contributed by atoms with Gasteiger partial charge >= 0.3 is 0 Å². The van der Waals surface area contributed by atoms with E-state index in [1.54, 1.807) is 30.3 Å². The number of sulfonamides is 1. The fourth-order valence-corrected chi connectivity index (χ4v) is 5.67. The molecule has 4 rings (SSSR count). The smallest absolute Gasteiger partial charge is 0.267 e. The Morgan fingerprint density at radius 3 is 2.42 bits per heavy atom. The minimum absolute atomic E-state index is 0.169. The first-order chi connectivity index (χ1) is 12.6. The number of aryl methyl sites for hydroxylation is 1. The lowest BCUT2D eigenvalue weighted by molar-refractivity contribution is -0.122. The molecule has 26 heavy (non-hydrogen) atoms. The van der Waals surface area contributed by atoms with Gasteiger partial charge in [-0.25, -0.2) is 12.7 Å². The Morgan fingerprint density at radius 1 is 1.00 bits per heavy atom.